The van der Waals surface area contributed by atoms with E-state index in [-0.39, 0.29) is 17.1 Å². The van der Waals surface area contributed by atoms with Crippen molar-refractivity contribution >= 4 is 11.5 Å². The van der Waals surface area contributed by atoms with Crippen LogP contribution in [0.25, 0.3) is 5.57 Å². The second kappa shape index (κ2) is 5.11. The van der Waals surface area contributed by atoms with Gasteiger partial charge < -0.3 is 9.84 Å². The van der Waals surface area contributed by atoms with Crippen molar-refractivity contribution in [2.75, 3.05) is 0 Å². The summed E-state index contributed by atoms with van der Waals surface area (Å²) < 4.78 is 5.79. The Balaban J connectivity index is 1.78. The second-order valence-electron chi connectivity index (χ2n) is 8.19. The number of phenols is 1. The number of fused-ring (bicyclic) bond motifs is 3. The average Bonchev–Trinajstić information content (AvgIpc) is 2.91. The number of hydrogen-bond donors (Lipinski definition) is 1. The van der Waals surface area contributed by atoms with Crippen molar-refractivity contribution in [3.63, 3.8) is 0 Å². The van der Waals surface area contributed by atoms with Crippen LogP contribution in [0.2, 0.25) is 0 Å². The molecule has 2 atom stereocenters. The Labute approximate surface area is 143 Å². The standard InChI is InChI=1S/C21H26O3/c1-4-5-6-7-13-10-16(22)18-15-12-14-8-9-21(15,20(14,2)3)19(23)24-17(18)11-13/h10-12,14,22H,4-9H2,1-3H3/t14?,21-/m1/s1. The third-order valence-corrected chi connectivity index (χ3v) is 6.72. The number of aryl methyl sites for hydroxylation is 1. The molecule has 2 bridgehead atoms. The fourth-order valence-corrected chi connectivity index (χ4v) is 5.18. The van der Waals surface area contributed by atoms with E-state index in [0.29, 0.717) is 11.7 Å². The fourth-order valence-electron chi connectivity index (χ4n) is 5.18. The summed E-state index contributed by atoms with van der Waals surface area (Å²) in [7, 11) is 0. The summed E-state index contributed by atoms with van der Waals surface area (Å²) in [6.45, 7) is 6.50. The molecule has 1 unspecified atom stereocenters. The molecule has 4 rings (SSSR count). The van der Waals surface area contributed by atoms with Crippen LogP contribution in [0.15, 0.2) is 18.2 Å². The Kier molecular flexibility index (Phi) is 3.35. The lowest BCUT2D eigenvalue weighted by atomic mass is 9.63. The number of unbranched alkanes of at least 4 members (excludes halogenated alkanes) is 2. The maximum absolute atomic E-state index is 13.0. The SMILES string of the molecule is CCCCCc1cc(O)c2c(c1)OC(=O)[C@@]13CCC(C=C21)C3(C)C. The highest BCUT2D eigenvalue weighted by Gasteiger charge is 2.67. The topological polar surface area (TPSA) is 46.5 Å². The van der Waals surface area contributed by atoms with Gasteiger partial charge in [-0.3, -0.25) is 4.79 Å². The summed E-state index contributed by atoms with van der Waals surface area (Å²) in [6, 6.07) is 3.82. The van der Waals surface area contributed by atoms with E-state index >= 15 is 0 Å². The Hall–Kier alpha value is -1.77. The van der Waals surface area contributed by atoms with Crippen molar-refractivity contribution in [2.24, 2.45) is 16.7 Å². The zero-order valence-corrected chi connectivity index (χ0v) is 14.8. The number of phenolic OH excluding ortho intramolecular Hbond substituents is 1. The predicted molar refractivity (Wildman–Crippen MR) is 93.9 cm³/mol. The minimum Gasteiger partial charge on any atom is -0.507 e. The molecular weight excluding hydrogens is 300 g/mol. The number of esters is 1. The van der Waals surface area contributed by atoms with Crippen LogP contribution in [-0.2, 0) is 11.2 Å². The smallest absolute Gasteiger partial charge is 0.322 e. The van der Waals surface area contributed by atoms with E-state index in [0.717, 1.165) is 48.8 Å². The molecule has 1 spiro atoms. The van der Waals surface area contributed by atoms with Gasteiger partial charge in [0.2, 0.25) is 0 Å². The number of rotatable bonds is 4. The van der Waals surface area contributed by atoms with Crippen LogP contribution in [0.1, 0.15) is 64.0 Å². The van der Waals surface area contributed by atoms with Gasteiger partial charge in [0.25, 0.3) is 0 Å². The zero-order chi connectivity index (χ0) is 17.1. The van der Waals surface area contributed by atoms with Gasteiger partial charge in [-0.1, -0.05) is 39.7 Å². The minimum atomic E-state index is -0.578. The van der Waals surface area contributed by atoms with Gasteiger partial charge in [-0.15, -0.1) is 0 Å². The van der Waals surface area contributed by atoms with Crippen molar-refractivity contribution < 1.29 is 14.6 Å². The first-order chi connectivity index (χ1) is 11.4. The van der Waals surface area contributed by atoms with Crippen molar-refractivity contribution in [2.45, 2.75) is 59.3 Å². The molecule has 3 nitrogen and oxygen atoms in total. The van der Waals surface area contributed by atoms with E-state index in [4.69, 9.17) is 4.74 Å². The fraction of sp³-hybridized carbons (Fsp3) is 0.571. The van der Waals surface area contributed by atoms with Crippen LogP contribution in [0.5, 0.6) is 11.5 Å². The lowest BCUT2D eigenvalue weighted by molar-refractivity contribution is -0.147. The highest BCUT2D eigenvalue weighted by Crippen LogP contribution is 2.71. The van der Waals surface area contributed by atoms with Crippen molar-refractivity contribution in [1.82, 2.24) is 0 Å². The van der Waals surface area contributed by atoms with Gasteiger partial charge in [0, 0.05) is 0 Å². The molecule has 1 aliphatic heterocycles. The molecule has 1 fully saturated rings. The molecule has 0 aromatic heterocycles. The van der Waals surface area contributed by atoms with Crippen molar-refractivity contribution in [3.8, 4) is 11.5 Å². The third-order valence-electron chi connectivity index (χ3n) is 6.72. The molecule has 2 aliphatic carbocycles. The summed E-state index contributed by atoms with van der Waals surface area (Å²) in [5.74, 6) is 1.07. The number of allylic oxidation sites excluding steroid dienone is 1. The van der Waals surface area contributed by atoms with E-state index in [1.54, 1.807) is 0 Å². The largest absolute Gasteiger partial charge is 0.507 e. The number of aromatic hydroxyl groups is 1. The third kappa shape index (κ3) is 1.81. The van der Waals surface area contributed by atoms with Gasteiger partial charge in [0.1, 0.15) is 11.5 Å². The van der Waals surface area contributed by atoms with Crippen molar-refractivity contribution in [3.05, 3.63) is 29.3 Å². The number of carbonyl (C=O) groups is 1. The Morgan fingerprint density at radius 3 is 2.79 bits per heavy atom. The van der Waals surface area contributed by atoms with Gasteiger partial charge in [0.05, 0.1) is 11.0 Å². The molecule has 0 radical (unpaired) electrons. The molecule has 0 saturated heterocycles. The number of carbonyl (C=O) groups excluding carboxylic acids is 1. The first kappa shape index (κ1) is 15.7. The van der Waals surface area contributed by atoms with E-state index in [9.17, 15) is 9.90 Å². The predicted octanol–water partition coefficient (Wildman–Crippen LogP) is 4.86. The van der Waals surface area contributed by atoms with Gasteiger partial charge in [0.15, 0.2) is 0 Å². The Bertz CT molecular complexity index is 744. The molecule has 1 heterocycles. The van der Waals surface area contributed by atoms with E-state index in [1.165, 1.54) is 6.42 Å². The van der Waals surface area contributed by atoms with Crippen LogP contribution in [0.3, 0.4) is 0 Å². The maximum Gasteiger partial charge on any atom is 0.322 e. The van der Waals surface area contributed by atoms with Gasteiger partial charge in [-0.05, 0) is 60.3 Å². The first-order valence-electron chi connectivity index (χ1n) is 9.22. The summed E-state index contributed by atoms with van der Waals surface area (Å²) >= 11 is 0. The summed E-state index contributed by atoms with van der Waals surface area (Å²) in [5, 5.41) is 10.7. The average molecular weight is 326 g/mol. The lowest BCUT2D eigenvalue weighted by Crippen LogP contribution is -2.45. The van der Waals surface area contributed by atoms with Crippen molar-refractivity contribution in [1.29, 1.82) is 0 Å². The molecule has 1 saturated carbocycles. The van der Waals surface area contributed by atoms with E-state index < -0.39 is 5.41 Å². The first-order valence-corrected chi connectivity index (χ1v) is 9.22. The molecule has 3 heteroatoms. The molecule has 24 heavy (non-hydrogen) atoms. The van der Waals surface area contributed by atoms with E-state index in [2.05, 4.69) is 26.8 Å². The van der Waals surface area contributed by atoms with Crippen LogP contribution < -0.4 is 4.74 Å². The zero-order valence-electron chi connectivity index (χ0n) is 14.8. The van der Waals surface area contributed by atoms with Gasteiger partial charge in [-0.25, -0.2) is 0 Å². The van der Waals surface area contributed by atoms with E-state index in [1.807, 2.05) is 12.1 Å². The summed E-state index contributed by atoms with van der Waals surface area (Å²) in [4.78, 5) is 13.0. The number of hydrogen-bond acceptors (Lipinski definition) is 3. The molecule has 3 aliphatic rings. The lowest BCUT2D eigenvalue weighted by Gasteiger charge is -2.41. The maximum atomic E-state index is 13.0. The Morgan fingerprint density at radius 1 is 1.29 bits per heavy atom. The molecular formula is C21H26O3. The van der Waals surface area contributed by atoms with Crippen LogP contribution >= 0.6 is 0 Å². The summed E-state index contributed by atoms with van der Waals surface area (Å²) in [5.41, 5.74) is 2.10. The molecule has 128 valence electrons. The molecule has 1 aromatic carbocycles. The second-order valence-corrected chi connectivity index (χ2v) is 8.19. The number of benzene rings is 1. The molecule has 0 amide bonds. The highest BCUT2D eigenvalue weighted by molar-refractivity contribution is 6.03. The molecule has 1 aromatic rings. The quantitative estimate of drug-likeness (QED) is 0.488. The van der Waals surface area contributed by atoms with Crippen LogP contribution in [0, 0.1) is 16.7 Å². The van der Waals surface area contributed by atoms with Crippen LogP contribution in [-0.4, -0.2) is 11.1 Å². The normalized spacial score (nSPS) is 29.0. The van der Waals surface area contributed by atoms with Crippen LogP contribution in [0.4, 0.5) is 0 Å². The summed E-state index contributed by atoms with van der Waals surface area (Å²) in [6.07, 6.45) is 8.40. The van der Waals surface area contributed by atoms with Gasteiger partial charge in [-0.2, -0.15) is 0 Å². The Morgan fingerprint density at radius 2 is 2.08 bits per heavy atom. The molecule has 1 N–H and O–H groups in total. The number of ether oxygens (including phenoxy) is 1. The monoisotopic (exact) mass is 326 g/mol. The van der Waals surface area contributed by atoms with Gasteiger partial charge >= 0.3 is 5.97 Å². The minimum absolute atomic E-state index is 0.128. The highest BCUT2D eigenvalue weighted by atomic mass is 16.5.